The highest BCUT2D eigenvalue weighted by atomic mass is 16.3. The molecular formula is C20H22N4O3. The van der Waals surface area contributed by atoms with Crippen molar-refractivity contribution in [3.8, 4) is 0 Å². The summed E-state index contributed by atoms with van der Waals surface area (Å²) < 4.78 is 1.32. The Morgan fingerprint density at radius 3 is 2.78 bits per heavy atom. The van der Waals surface area contributed by atoms with Crippen LogP contribution in [0.2, 0.25) is 0 Å². The van der Waals surface area contributed by atoms with Crippen LogP contribution in [0.1, 0.15) is 33.6 Å². The number of nitrogens with zero attached hydrogens (tertiary/aromatic N) is 3. The largest absolute Gasteiger partial charge is 0.392 e. The van der Waals surface area contributed by atoms with Gasteiger partial charge in [0.1, 0.15) is 5.56 Å². The molecule has 2 aromatic heterocycles. The van der Waals surface area contributed by atoms with E-state index in [4.69, 9.17) is 5.11 Å². The topological polar surface area (TPSA) is 90.7 Å². The van der Waals surface area contributed by atoms with E-state index < -0.39 is 0 Å². The Kier molecular flexibility index (Phi) is 4.53. The van der Waals surface area contributed by atoms with Crippen molar-refractivity contribution in [1.29, 1.82) is 0 Å². The first-order valence-electron chi connectivity index (χ1n) is 9.10. The fourth-order valence-electron chi connectivity index (χ4n) is 3.70. The Bertz CT molecular complexity index is 1040. The summed E-state index contributed by atoms with van der Waals surface area (Å²) in [6, 6.07) is 9.66. The van der Waals surface area contributed by atoms with Gasteiger partial charge in [0.2, 0.25) is 0 Å². The monoisotopic (exact) mass is 366 g/mol. The number of nitrogens with one attached hydrogen (secondary N) is 1. The normalized spacial score (nSPS) is 17.0. The maximum Gasteiger partial charge on any atom is 0.285 e. The van der Waals surface area contributed by atoms with Crippen LogP contribution in [-0.2, 0) is 13.0 Å². The molecule has 1 atom stereocenters. The maximum atomic E-state index is 12.8. The molecule has 1 amide bonds. The van der Waals surface area contributed by atoms with Crippen LogP contribution in [0.4, 0.5) is 0 Å². The number of carbonyl (C=O) groups excluding carboxylic acids is 1. The predicted octanol–water partition coefficient (Wildman–Crippen LogP) is 1.53. The second kappa shape index (κ2) is 7.00. The van der Waals surface area contributed by atoms with E-state index in [0.29, 0.717) is 24.7 Å². The highest BCUT2D eigenvalue weighted by molar-refractivity contribution is 5.94. The van der Waals surface area contributed by atoms with Gasteiger partial charge in [-0.15, -0.1) is 0 Å². The lowest BCUT2D eigenvalue weighted by atomic mass is 9.98. The highest BCUT2D eigenvalue weighted by Gasteiger charge is 2.29. The Morgan fingerprint density at radius 1 is 1.30 bits per heavy atom. The Hall–Kier alpha value is -2.93. The van der Waals surface area contributed by atoms with Crippen LogP contribution in [0.25, 0.3) is 5.65 Å². The molecule has 140 valence electrons. The van der Waals surface area contributed by atoms with Crippen molar-refractivity contribution < 1.29 is 9.90 Å². The van der Waals surface area contributed by atoms with Crippen LogP contribution in [-0.4, -0.2) is 43.6 Å². The molecule has 3 aromatic rings. The van der Waals surface area contributed by atoms with Gasteiger partial charge in [-0.25, -0.2) is 9.50 Å². The molecule has 7 nitrogen and oxygen atoms in total. The number of aliphatic hydroxyl groups is 1. The number of hydrogen-bond acceptors (Lipinski definition) is 4. The van der Waals surface area contributed by atoms with Crippen LogP contribution in [0.15, 0.2) is 41.3 Å². The number of aromatic nitrogens is 3. The summed E-state index contributed by atoms with van der Waals surface area (Å²) in [4.78, 5) is 31.4. The molecule has 0 saturated carbocycles. The van der Waals surface area contributed by atoms with Crippen molar-refractivity contribution >= 4 is 11.6 Å². The van der Waals surface area contributed by atoms with Crippen molar-refractivity contribution in [2.75, 3.05) is 13.1 Å². The van der Waals surface area contributed by atoms with Crippen molar-refractivity contribution in [2.45, 2.75) is 26.4 Å². The third-order valence-electron chi connectivity index (χ3n) is 5.16. The molecule has 1 aliphatic heterocycles. The number of benzene rings is 1. The first-order chi connectivity index (χ1) is 13.0. The van der Waals surface area contributed by atoms with E-state index in [1.165, 1.54) is 16.3 Å². The lowest BCUT2D eigenvalue weighted by Gasteiger charge is -2.16. The number of hydrogen-bond donors (Lipinski definition) is 2. The molecule has 0 unspecified atom stereocenters. The SMILES string of the molecule is Cc1cc2ncc(C(=O)N3CC[C@@H](Cc4ccc(CO)cc4)C3)c(=O)n2[nH]1. The third-order valence-corrected chi connectivity index (χ3v) is 5.16. The smallest absolute Gasteiger partial charge is 0.285 e. The molecule has 3 heterocycles. The summed E-state index contributed by atoms with van der Waals surface area (Å²) in [5.74, 6) is 0.105. The lowest BCUT2D eigenvalue weighted by molar-refractivity contribution is 0.0784. The van der Waals surface area contributed by atoms with E-state index in [1.807, 2.05) is 31.2 Å². The van der Waals surface area contributed by atoms with Gasteiger partial charge in [-0.2, -0.15) is 0 Å². The van der Waals surface area contributed by atoms with Gasteiger partial charge in [0, 0.05) is 31.0 Å². The zero-order valence-corrected chi connectivity index (χ0v) is 15.2. The van der Waals surface area contributed by atoms with Gasteiger partial charge in [-0.05, 0) is 36.8 Å². The van der Waals surface area contributed by atoms with Crippen molar-refractivity contribution in [3.63, 3.8) is 0 Å². The zero-order valence-electron chi connectivity index (χ0n) is 15.2. The van der Waals surface area contributed by atoms with Crippen LogP contribution in [0.3, 0.4) is 0 Å². The molecule has 0 aliphatic carbocycles. The zero-order chi connectivity index (χ0) is 19.0. The third kappa shape index (κ3) is 3.38. The summed E-state index contributed by atoms with van der Waals surface area (Å²) in [5.41, 5.74) is 3.15. The van der Waals surface area contributed by atoms with Gasteiger partial charge in [0.05, 0.1) is 6.61 Å². The van der Waals surface area contributed by atoms with Gasteiger partial charge in [0.15, 0.2) is 5.65 Å². The average Bonchev–Trinajstić information content (AvgIpc) is 3.29. The van der Waals surface area contributed by atoms with E-state index in [2.05, 4.69) is 10.1 Å². The van der Waals surface area contributed by atoms with Crippen molar-refractivity contribution in [2.24, 2.45) is 5.92 Å². The van der Waals surface area contributed by atoms with Gasteiger partial charge in [0.25, 0.3) is 11.5 Å². The standard InChI is InChI=1S/C20H22N4O3/c1-13-8-18-21-10-17(20(27)24(18)22-13)19(26)23-7-6-16(11-23)9-14-2-4-15(12-25)5-3-14/h2-5,8,10,16,22,25H,6-7,9,11-12H2,1H3/t16-/m0/s1. The number of H-pyrrole nitrogens is 1. The van der Waals surface area contributed by atoms with E-state index in [9.17, 15) is 9.59 Å². The minimum atomic E-state index is -0.360. The molecule has 2 N–H and O–H groups in total. The molecule has 27 heavy (non-hydrogen) atoms. The number of likely N-dealkylation sites (tertiary alicyclic amines) is 1. The number of fused-ring (bicyclic) bond motifs is 1. The quantitative estimate of drug-likeness (QED) is 0.733. The molecule has 0 bridgehead atoms. The Balaban J connectivity index is 1.47. The van der Waals surface area contributed by atoms with Crippen LogP contribution in [0.5, 0.6) is 0 Å². The molecule has 1 aromatic carbocycles. The van der Waals surface area contributed by atoms with Gasteiger partial charge in [-0.3, -0.25) is 14.7 Å². The molecule has 1 aliphatic rings. The van der Waals surface area contributed by atoms with Gasteiger partial charge in [-0.1, -0.05) is 24.3 Å². The highest BCUT2D eigenvalue weighted by Crippen LogP contribution is 2.22. The second-order valence-electron chi connectivity index (χ2n) is 7.19. The summed E-state index contributed by atoms with van der Waals surface area (Å²) >= 11 is 0. The molecule has 7 heteroatoms. The summed E-state index contributed by atoms with van der Waals surface area (Å²) in [6.45, 7) is 3.16. The van der Waals surface area contributed by atoms with Gasteiger partial charge < -0.3 is 10.0 Å². The molecule has 0 spiro atoms. The summed E-state index contributed by atoms with van der Waals surface area (Å²) in [6.07, 6.45) is 3.17. The molecular weight excluding hydrogens is 344 g/mol. The Morgan fingerprint density at radius 2 is 2.04 bits per heavy atom. The number of aryl methyl sites for hydroxylation is 1. The van der Waals surface area contributed by atoms with E-state index >= 15 is 0 Å². The van der Waals surface area contributed by atoms with Crippen LogP contribution < -0.4 is 5.56 Å². The number of carbonyl (C=O) groups is 1. The lowest BCUT2D eigenvalue weighted by Crippen LogP contribution is -2.34. The minimum Gasteiger partial charge on any atom is -0.392 e. The van der Waals surface area contributed by atoms with Crippen molar-refractivity contribution in [3.05, 3.63) is 69.3 Å². The number of rotatable bonds is 4. The second-order valence-corrected chi connectivity index (χ2v) is 7.19. The fourth-order valence-corrected chi connectivity index (χ4v) is 3.70. The Labute approximate surface area is 156 Å². The minimum absolute atomic E-state index is 0.0419. The average molecular weight is 366 g/mol. The molecule has 0 radical (unpaired) electrons. The first-order valence-corrected chi connectivity index (χ1v) is 9.10. The molecule has 1 saturated heterocycles. The van der Waals surface area contributed by atoms with E-state index in [0.717, 1.165) is 24.1 Å². The first kappa shape index (κ1) is 17.5. The van der Waals surface area contributed by atoms with E-state index in [-0.39, 0.29) is 23.6 Å². The van der Waals surface area contributed by atoms with Crippen molar-refractivity contribution in [1.82, 2.24) is 19.5 Å². The predicted molar refractivity (Wildman–Crippen MR) is 101 cm³/mol. The number of aromatic amines is 1. The summed E-state index contributed by atoms with van der Waals surface area (Å²) in [5, 5.41) is 12.0. The van der Waals surface area contributed by atoms with E-state index in [1.54, 1.807) is 11.0 Å². The molecule has 4 rings (SSSR count). The molecule has 1 fully saturated rings. The van der Waals surface area contributed by atoms with Crippen LogP contribution in [0, 0.1) is 12.8 Å². The van der Waals surface area contributed by atoms with Crippen LogP contribution >= 0.6 is 0 Å². The maximum absolute atomic E-state index is 12.8. The summed E-state index contributed by atoms with van der Waals surface area (Å²) in [7, 11) is 0. The van der Waals surface area contributed by atoms with Gasteiger partial charge >= 0.3 is 0 Å². The fraction of sp³-hybridized carbons (Fsp3) is 0.350. The number of amides is 1. The number of aliphatic hydroxyl groups excluding tert-OH is 1.